The molecule has 0 aromatic heterocycles. The topological polar surface area (TPSA) is 9.23 Å². The SMILES string of the molecule is CCCCCC1CCC(c2ccc3c(F)c(OC)ccc3c2)CC1. The summed E-state index contributed by atoms with van der Waals surface area (Å²) < 4.78 is 19.4. The van der Waals surface area contributed by atoms with Gasteiger partial charge in [-0.1, -0.05) is 56.9 Å². The second-order valence-electron chi connectivity index (χ2n) is 7.28. The molecule has 0 amide bonds. The number of unbranched alkanes of at least 4 members (excludes halogenated alkanes) is 2. The summed E-state index contributed by atoms with van der Waals surface area (Å²) in [6.45, 7) is 2.27. The quantitative estimate of drug-likeness (QED) is 0.527. The van der Waals surface area contributed by atoms with Gasteiger partial charge in [0.15, 0.2) is 11.6 Å². The highest BCUT2D eigenvalue weighted by Crippen LogP contribution is 2.39. The predicted octanol–water partition coefficient (Wildman–Crippen LogP) is 6.84. The van der Waals surface area contributed by atoms with Gasteiger partial charge in [0.2, 0.25) is 0 Å². The molecule has 2 aromatic carbocycles. The summed E-state index contributed by atoms with van der Waals surface area (Å²) in [4.78, 5) is 0. The summed E-state index contributed by atoms with van der Waals surface area (Å²) in [7, 11) is 1.51. The number of ether oxygens (including phenoxy) is 1. The van der Waals surface area contributed by atoms with Crippen molar-refractivity contribution >= 4 is 10.8 Å². The highest BCUT2D eigenvalue weighted by molar-refractivity contribution is 5.85. The Balaban J connectivity index is 1.68. The molecule has 1 aliphatic rings. The minimum atomic E-state index is -0.249. The largest absolute Gasteiger partial charge is 0.494 e. The number of fused-ring (bicyclic) bond motifs is 1. The number of halogens is 1. The molecule has 0 heterocycles. The summed E-state index contributed by atoms with van der Waals surface area (Å²) in [5.74, 6) is 1.64. The Hall–Kier alpha value is -1.57. The van der Waals surface area contributed by atoms with E-state index in [0.717, 1.165) is 11.3 Å². The first kappa shape index (κ1) is 17.3. The molecule has 24 heavy (non-hydrogen) atoms. The first-order chi connectivity index (χ1) is 11.7. The van der Waals surface area contributed by atoms with Gasteiger partial charge in [-0.3, -0.25) is 0 Å². The summed E-state index contributed by atoms with van der Waals surface area (Å²) in [5, 5.41) is 1.64. The first-order valence-electron chi connectivity index (χ1n) is 9.49. The van der Waals surface area contributed by atoms with E-state index in [1.807, 2.05) is 12.1 Å². The van der Waals surface area contributed by atoms with Crippen LogP contribution in [0.3, 0.4) is 0 Å². The average Bonchev–Trinajstić information content (AvgIpc) is 2.63. The predicted molar refractivity (Wildman–Crippen MR) is 99.3 cm³/mol. The number of benzene rings is 2. The maximum absolute atomic E-state index is 14.3. The van der Waals surface area contributed by atoms with Crippen molar-refractivity contribution < 1.29 is 9.13 Å². The van der Waals surface area contributed by atoms with Crippen molar-refractivity contribution in [1.29, 1.82) is 0 Å². The van der Waals surface area contributed by atoms with Gasteiger partial charge in [0, 0.05) is 5.39 Å². The van der Waals surface area contributed by atoms with Gasteiger partial charge in [0.1, 0.15) is 0 Å². The van der Waals surface area contributed by atoms with Crippen LogP contribution in [-0.2, 0) is 0 Å². The molecular weight excluding hydrogens is 299 g/mol. The summed E-state index contributed by atoms with van der Waals surface area (Å²) in [6.07, 6.45) is 10.7. The molecule has 130 valence electrons. The fourth-order valence-corrected chi connectivity index (χ4v) is 4.17. The van der Waals surface area contributed by atoms with Crippen molar-refractivity contribution in [3.8, 4) is 5.75 Å². The first-order valence-corrected chi connectivity index (χ1v) is 9.49. The smallest absolute Gasteiger partial charge is 0.172 e. The molecule has 0 N–H and O–H groups in total. The van der Waals surface area contributed by atoms with Crippen molar-refractivity contribution in [2.75, 3.05) is 7.11 Å². The van der Waals surface area contributed by atoms with Gasteiger partial charge in [-0.05, 0) is 54.5 Å². The Labute approximate surface area is 145 Å². The van der Waals surface area contributed by atoms with Crippen molar-refractivity contribution in [2.24, 2.45) is 5.92 Å². The van der Waals surface area contributed by atoms with Crippen LogP contribution in [0.15, 0.2) is 30.3 Å². The number of hydrogen-bond donors (Lipinski definition) is 0. The van der Waals surface area contributed by atoms with Crippen molar-refractivity contribution in [1.82, 2.24) is 0 Å². The summed E-state index contributed by atoms with van der Waals surface area (Å²) in [5.41, 5.74) is 1.37. The lowest BCUT2D eigenvalue weighted by Crippen LogP contribution is -2.13. The minimum absolute atomic E-state index is 0.249. The zero-order chi connectivity index (χ0) is 16.9. The van der Waals surface area contributed by atoms with E-state index in [1.165, 1.54) is 64.0 Å². The molecule has 2 aromatic rings. The molecule has 0 saturated heterocycles. The van der Waals surface area contributed by atoms with E-state index in [4.69, 9.17) is 4.74 Å². The number of methoxy groups -OCH3 is 1. The fraction of sp³-hybridized carbons (Fsp3) is 0.545. The zero-order valence-corrected chi connectivity index (χ0v) is 15.0. The molecule has 1 aliphatic carbocycles. The van der Waals surface area contributed by atoms with Crippen LogP contribution in [-0.4, -0.2) is 7.11 Å². The molecule has 0 bridgehead atoms. The van der Waals surface area contributed by atoms with E-state index in [2.05, 4.69) is 19.1 Å². The van der Waals surface area contributed by atoms with E-state index in [-0.39, 0.29) is 5.82 Å². The zero-order valence-electron chi connectivity index (χ0n) is 15.0. The van der Waals surface area contributed by atoms with E-state index in [9.17, 15) is 4.39 Å². The molecule has 2 heteroatoms. The van der Waals surface area contributed by atoms with Crippen LogP contribution in [0.25, 0.3) is 10.8 Å². The van der Waals surface area contributed by atoms with Gasteiger partial charge in [0.25, 0.3) is 0 Å². The van der Waals surface area contributed by atoms with Crippen LogP contribution in [0.1, 0.15) is 69.8 Å². The highest BCUT2D eigenvalue weighted by Gasteiger charge is 2.22. The van der Waals surface area contributed by atoms with E-state index >= 15 is 0 Å². The van der Waals surface area contributed by atoms with Crippen LogP contribution in [0.5, 0.6) is 5.75 Å². The van der Waals surface area contributed by atoms with E-state index < -0.39 is 0 Å². The lowest BCUT2D eigenvalue weighted by atomic mass is 9.77. The van der Waals surface area contributed by atoms with Crippen molar-refractivity contribution in [2.45, 2.75) is 64.2 Å². The average molecular weight is 328 g/mol. The molecule has 1 nitrogen and oxygen atoms in total. The third-order valence-corrected chi connectivity index (χ3v) is 5.70. The van der Waals surface area contributed by atoms with Gasteiger partial charge < -0.3 is 4.74 Å². The van der Waals surface area contributed by atoms with Crippen LogP contribution >= 0.6 is 0 Å². The molecule has 0 atom stereocenters. The Bertz CT molecular complexity index is 671. The fourth-order valence-electron chi connectivity index (χ4n) is 4.17. The molecule has 0 aliphatic heterocycles. The van der Waals surface area contributed by atoms with Crippen LogP contribution in [0.4, 0.5) is 4.39 Å². The maximum atomic E-state index is 14.3. The molecular formula is C22H29FO. The monoisotopic (exact) mass is 328 g/mol. The van der Waals surface area contributed by atoms with E-state index in [0.29, 0.717) is 17.1 Å². The van der Waals surface area contributed by atoms with Gasteiger partial charge in [-0.15, -0.1) is 0 Å². The number of rotatable bonds is 6. The molecule has 0 radical (unpaired) electrons. The Morgan fingerprint density at radius 2 is 1.83 bits per heavy atom. The van der Waals surface area contributed by atoms with Gasteiger partial charge in [-0.2, -0.15) is 0 Å². The summed E-state index contributed by atoms with van der Waals surface area (Å²) in [6, 6.07) is 9.92. The van der Waals surface area contributed by atoms with Gasteiger partial charge in [-0.25, -0.2) is 4.39 Å². The van der Waals surface area contributed by atoms with Crippen LogP contribution in [0, 0.1) is 11.7 Å². The molecule has 1 fully saturated rings. The third kappa shape index (κ3) is 3.74. The van der Waals surface area contributed by atoms with Crippen molar-refractivity contribution in [3.05, 3.63) is 41.7 Å². The third-order valence-electron chi connectivity index (χ3n) is 5.70. The van der Waals surface area contributed by atoms with E-state index in [1.54, 1.807) is 6.07 Å². The number of hydrogen-bond acceptors (Lipinski definition) is 1. The summed E-state index contributed by atoms with van der Waals surface area (Å²) >= 11 is 0. The van der Waals surface area contributed by atoms with Crippen LogP contribution < -0.4 is 4.74 Å². The Morgan fingerprint density at radius 3 is 2.54 bits per heavy atom. The molecule has 0 spiro atoms. The normalized spacial score (nSPS) is 21.1. The second kappa shape index (κ2) is 8.00. The molecule has 3 rings (SSSR count). The van der Waals surface area contributed by atoms with Gasteiger partial charge in [0.05, 0.1) is 7.11 Å². The Kier molecular flexibility index (Phi) is 5.76. The standard InChI is InChI=1S/C22H29FO/c1-3-4-5-6-16-7-9-17(10-8-16)18-11-13-20-19(15-18)12-14-21(24-2)22(20)23/h11-17H,3-10H2,1-2H3. The van der Waals surface area contributed by atoms with Gasteiger partial charge >= 0.3 is 0 Å². The minimum Gasteiger partial charge on any atom is -0.494 e. The molecule has 0 unspecified atom stereocenters. The van der Waals surface area contributed by atoms with Crippen LogP contribution in [0.2, 0.25) is 0 Å². The molecule has 1 saturated carbocycles. The Morgan fingerprint density at radius 1 is 1.04 bits per heavy atom. The maximum Gasteiger partial charge on any atom is 0.172 e. The lowest BCUT2D eigenvalue weighted by Gasteiger charge is -2.29. The second-order valence-corrected chi connectivity index (χ2v) is 7.28. The lowest BCUT2D eigenvalue weighted by molar-refractivity contribution is 0.303. The van der Waals surface area contributed by atoms with Crippen molar-refractivity contribution in [3.63, 3.8) is 0 Å². The highest BCUT2D eigenvalue weighted by atomic mass is 19.1.